The van der Waals surface area contributed by atoms with Crippen LogP contribution in [-0.2, 0) is 6.61 Å². The molecule has 2 N–H and O–H groups in total. The maximum Gasteiger partial charge on any atom is 0.191 e. The Morgan fingerprint density at radius 3 is 2.63 bits per heavy atom. The number of ether oxygens (including phenoxy) is 1. The molecule has 0 spiro atoms. The van der Waals surface area contributed by atoms with Crippen LogP contribution in [0, 0.1) is 0 Å². The summed E-state index contributed by atoms with van der Waals surface area (Å²) in [7, 11) is 0. The number of nitrogens with zero attached hydrogens (tertiary/aromatic N) is 1. The molecule has 3 aromatic carbocycles. The number of rotatable bonds is 6. The van der Waals surface area contributed by atoms with E-state index < -0.39 is 0 Å². The fraction of sp³-hybridized carbons (Fsp3) is 0.0476. The predicted octanol–water partition coefficient (Wildman–Crippen LogP) is 5.24. The Morgan fingerprint density at radius 2 is 1.81 bits per heavy atom. The zero-order valence-electron chi connectivity index (χ0n) is 14.4. The van der Waals surface area contributed by atoms with Gasteiger partial charge in [-0.05, 0) is 53.7 Å². The fourth-order valence-electron chi connectivity index (χ4n) is 2.32. The molecular formula is C21H18ClN3OS. The van der Waals surface area contributed by atoms with Gasteiger partial charge in [0.15, 0.2) is 5.11 Å². The highest BCUT2D eigenvalue weighted by Crippen LogP contribution is 2.15. The number of benzene rings is 3. The molecule has 0 saturated carbocycles. The van der Waals surface area contributed by atoms with Crippen LogP contribution in [0.3, 0.4) is 0 Å². The van der Waals surface area contributed by atoms with Crippen molar-refractivity contribution in [1.82, 2.24) is 5.43 Å². The molecule has 0 unspecified atom stereocenters. The minimum Gasteiger partial charge on any atom is -0.489 e. The Balaban J connectivity index is 1.52. The lowest BCUT2D eigenvalue weighted by atomic mass is 10.2. The summed E-state index contributed by atoms with van der Waals surface area (Å²) in [6, 6.07) is 25.0. The largest absolute Gasteiger partial charge is 0.489 e. The Bertz CT molecular complexity index is 931. The molecule has 0 aliphatic carbocycles. The smallest absolute Gasteiger partial charge is 0.191 e. The second kappa shape index (κ2) is 9.71. The van der Waals surface area contributed by atoms with Crippen molar-refractivity contribution in [1.29, 1.82) is 0 Å². The van der Waals surface area contributed by atoms with Gasteiger partial charge in [0.2, 0.25) is 0 Å². The number of thiocarbonyl (C=S) groups is 1. The zero-order chi connectivity index (χ0) is 18.9. The van der Waals surface area contributed by atoms with Gasteiger partial charge >= 0.3 is 0 Å². The highest BCUT2D eigenvalue weighted by molar-refractivity contribution is 7.80. The Hall–Kier alpha value is -2.89. The van der Waals surface area contributed by atoms with Gasteiger partial charge < -0.3 is 10.1 Å². The molecule has 0 aromatic heterocycles. The number of hydrogen-bond acceptors (Lipinski definition) is 3. The van der Waals surface area contributed by atoms with Crippen molar-refractivity contribution in [2.45, 2.75) is 6.61 Å². The lowest BCUT2D eigenvalue weighted by Crippen LogP contribution is -2.23. The van der Waals surface area contributed by atoms with Crippen molar-refractivity contribution < 1.29 is 4.74 Å². The molecule has 136 valence electrons. The first kappa shape index (κ1) is 18.9. The second-order valence-corrected chi connectivity index (χ2v) is 6.53. The van der Waals surface area contributed by atoms with E-state index >= 15 is 0 Å². The summed E-state index contributed by atoms with van der Waals surface area (Å²) in [5, 5.41) is 8.19. The van der Waals surface area contributed by atoms with Crippen LogP contribution in [0.1, 0.15) is 11.1 Å². The Kier molecular flexibility index (Phi) is 6.79. The first-order valence-electron chi connectivity index (χ1n) is 8.31. The lowest BCUT2D eigenvalue weighted by molar-refractivity contribution is 0.306. The van der Waals surface area contributed by atoms with Gasteiger partial charge in [-0.25, -0.2) is 0 Å². The van der Waals surface area contributed by atoms with Crippen molar-refractivity contribution in [2.24, 2.45) is 5.10 Å². The van der Waals surface area contributed by atoms with Gasteiger partial charge in [0.25, 0.3) is 0 Å². The van der Waals surface area contributed by atoms with Gasteiger partial charge in [0.1, 0.15) is 12.4 Å². The van der Waals surface area contributed by atoms with Crippen molar-refractivity contribution in [2.75, 3.05) is 5.32 Å². The van der Waals surface area contributed by atoms with E-state index in [-0.39, 0.29) is 0 Å². The van der Waals surface area contributed by atoms with Crippen LogP contribution in [-0.4, -0.2) is 11.3 Å². The summed E-state index contributed by atoms with van der Waals surface area (Å²) < 4.78 is 5.82. The Morgan fingerprint density at radius 1 is 1.00 bits per heavy atom. The van der Waals surface area contributed by atoms with Crippen LogP contribution < -0.4 is 15.5 Å². The molecule has 4 nitrogen and oxygen atoms in total. The van der Waals surface area contributed by atoms with Gasteiger partial charge in [-0.1, -0.05) is 60.1 Å². The molecule has 0 aliphatic rings. The van der Waals surface area contributed by atoms with Crippen LogP contribution in [0.4, 0.5) is 5.69 Å². The van der Waals surface area contributed by atoms with Crippen molar-refractivity contribution in [3.63, 3.8) is 0 Å². The fourth-order valence-corrected chi connectivity index (χ4v) is 2.68. The first-order chi connectivity index (χ1) is 13.2. The molecule has 3 rings (SSSR count). The topological polar surface area (TPSA) is 45.7 Å². The van der Waals surface area contributed by atoms with E-state index in [1.165, 1.54) is 0 Å². The number of nitrogens with one attached hydrogen (secondary N) is 2. The molecule has 27 heavy (non-hydrogen) atoms. The summed E-state index contributed by atoms with van der Waals surface area (Å²) in [6.45, 7) is 0.521. The average Bonchev–Trinajstić information content (AvgIpc) is 2.68. The highest BCUT2D eigenvalue weighted by Gasteiger charge is 1.98. The third kappa shape index (κ3) is 6.40. The minimum absolute atomic E-state index is 0.380. The van der Waals surface area contributed by atoms with Crippen molar-refractivity contribution >= 4 is 40.8 Å². The SMILES string of the molecule is S=C(NN=Cc1cccc(OCc2ccccc2)c1)Nc1cccc(Cl)c1. The molecule has 6 heteroatoms. The van der Waals surface area contributed by atoms with Crippen LogP contribution in [0.5, 0.6) is 5.75 Å². The third-order valence-corrected chi connectivity index (χ3v) is 4.00. The molecule has 0 atom stereocenters. The highest BCUT2D eigenvalue weighted by atomic mass is 35.5. The van der Waals surface area contributed by atoms with Crippen LogP contribution in [0.25, 0.3) is 0 Å². The lowest BCUT2D eigenvalue weighted by Gasteiger charge is -2.08. The normalized spacial score (nSPS) is 10.6. The molecule has 0 saturated heterocycles. The molecule has 0 radical (unpaired) electrons. The van der Waals surface area contributed by atoms with Gasteiger partial charge in [0.05, 0.1) is 6.21 Å². The summed E-state index contributed by atoms with van der Waals surface area (Å²) in [5.74, 6) is 0.780. The molecule has 0 amide bonds. The van der Waals surface area contributed by atoms with Crippen molar-refractivity contribution in [3.05, 3.63) is 95.0 Å². The predicted molar refractivity (Wildman–Crippen MR) is 116 cm³/mol. The van der Waals surface area contributed by atoms with E-state index in [9.17, 15) is 0 Å². The molecule has 3 aromatic rings. The molecule has 0 fully saturated rings. The summed E-state index contributed by atoms with van der Waals surface area (Å²) in [6.07, 6.45) is 1.68. The van der Waals surface area contributed by atoms with E-state index in [4.69, 9.17) is 28.6 Å². The van der Waals surface area contributed by atoms with Crippen molar-refractivity contribution in [3.8, 4) is 5.75 Å². The Labute approximate surface area is 168 Å². The number of hydrazone groups is 1. The minimum atomic E-state index is 0.380. The number of halogens is 1. The monoisotopic (exact) mass is 395 g/mol. The van der Waals surface area contributed by atoms with E-state index in [1.807, 2.05) is 66.7 Å². The summed E-state index contributed by atoms with van der Waals surface area (Å²) >= 11 is 11.2. The van der Waals surface area contributed by atoms with Crippen LogP contribution in [0.15, 0.2) is 84.0 Å². The standard InChI is InChI=1S/C21H18ClN3OS/c22-18-9-5-10-19(13-18)24-21(27)25-23-14-17-8-4-11-20(12-17)26-15-16-6-2-1-3-7-16/h1-14H,15H2,(H2,24,25,27). The number of anilines is 1. The third-order valence-electron chi connectivity index (χ3n) is 3.57. The number of hydrogen-bond donors (Lipinski definition) is 2. The maximum atomic E-state index is 5.95. The first-order valence-corrected chi connectivity index (χ1v) is 9.10. The van der Waals surface area contributed by atoms with Gasteiger partial charge in [-0.2, -0.15) is 5.10 Å². The van der Waals surface area contributed by atoms with E-state index in [1.54, 1.807) is 18.3 Å². The molecule has 0 aliphatic heterocycles. The van der Waals surface area contributed by atoms with Gasteiger partial charge in [0, 0.05) is 10.7 Å². The maximum absolute atomic E-state index is 5.95. The molecular weight excluding hydrogens is 378 g/mol. The van der Waals surface area contributed by atoms with Gasteiger partial charge in [-0.3, -0.25) is 5.43 Å². The van der Waals surface area contributed by atoms with Crippen LogP contribution >= 0.6 is 23.8 Å². The van der Waals surface area contributed by atoms with E-state index in [0.717, 1.165) is 22.6 Å². The average molecular weight is 396 g/mol. The molecule has 0 heterocycles. The summed E-state index contributed by atoms with van der Waals surface area (Å²) in [5.41, 5.74) is 5.60. The summed E-state index contributed by atoms with van der Waals surface area (Å²) in [4.78, 5) is 0. The second-order valence-electron chi connectivity index (χ2n) is 5.68. The quantitative estimate of drug-likeness (QED) is 0.340. The van der Waals surface area contributed by atoms with Crippen LogP contribution in [0.2, 0.25) is 5.02 Å². The van der Waals surface area contributed by atoms with E-state index in [2.05, 4.69) is 15.8 Å². The zero-order valence-corrected chi connectivity index (χ0v) is 16.0. The van der Waals surface area contributed by atoms with E-state index in [0.29, 0.717) is 16.7 Å². The van der Waals surface area contributed by atoms with Gasteiger partial charge in [-0.15, -0.1) is 0 Å². The molecule has 0 bridgehead atoms.